The number of rotatable bonds is 9. The third-order valence-corrected chi connectivity index (χ3v) is 4.23. The first-order valence-corrected chi connectivity index (χ1v) is 8.64. The molecule has 1 unspecified atom stereocenters. The highest BCUT2D eigenvalue weighted by atomic mass is 32.1. The average Bonchev–Trinajstić information content (AvgIpc) is 3.11. The topological polar surface area (TPSA) is 55.6 Å². The fourth-order valence-corrected chi connectivity index (χ4v) is 3.22. The number of imidazole rings is 1. The van der Waals surface area contributed by atoms with Crippen molar-refractivity contribution in [2.24, 2.45) is 0 Å². The lowest BCUT2D eigenvalue weighted by atomic mass is 10.1. The molecule has 1 atom stereocenters. The molecule has 0 bridgehead atoms. The van der Waals surface area contributed by atoms with Crippen LogP contribution in [0.1, 0.15) is 62.5 Å². The normalized spacial score (nSPS) is 12.7. The zero-order chi connectivity index (χ0) is 15.1. The van der Waals surface area contributed by atoms with E-state index in [1.807, 2.05) is 6.20 Å². The molecule has 0 fully saturated rings. The lowest BCUT2D eigenvalue weighted by Crippen LogP contribution is -2.26. The van der Waals surface area contributed by atoms with E-state index in [9.17, 15) is 0 Å². The molecular weight excluding hydrogens is 282 g/mol. The van der Waals surface area contributed by atoms with Gasteiger partial charge in [-0.1, -0.05) is 31.7 Å². The maximum atomic E-state index is 4.60. The minimum Gasteiger partial charge on any atom is -0.333 e. The maximum absolute atomic E-state index is 4.60. The molecule has 2 aromatic rings. The summed E-state index contributed by atoms with van der Waals surface area (Å²) in [6, 6.07) is 0.105. The smallest absolute Gasteiger partial charge is 0.131 e. The van der Waals surface area contributed by atoms with Gasteiger partial charge in [0, 0.05) is 18.9 Å². The van der Waals surface area contributed by atoms with Gasteiger partial charge in [-0.15, -0.1) is 5.10 Å². The van der Waals surface area contributed by atoms with Crippen molar-refractivity contribution < 1.29 is 0 Å². The number of aryl methyl sites for hydroxylation is 2. The van der Waals surface area contributed by atoms with Gasteiger partial charge >= 0.3 is 0 Å². The van der Waals surface area contributed by atoms with Crippen molar-refractivity contribution in [2.75, 3.05) is 6.54 Å². The molecule has 1 N–H and O–H groups in total. The molecule has 0 amide bonds. The van der Waals surface area contributed by atoms with Crippen molar-refractivity contribution in [3.8, 4) is 0 Å². The highest BCUT2D eigenvalue weighted by Gasteiger charge is 2.24. The molecule has 0 spiro atoms. The Morgan fingerprint density at radius 2 is 2.10 bits per heavy atom. The Labute approximate surface area is 131 Å². The van der Waals surface area contributed by atoms with E-state index in [4.69, 9.17) is 0 Å². The van der Waals surface area contributed by atoms with Gasteiger partial charge in [0.05, 0.1) is 10.6 Å². The second-order valence-corrected chi connectivity index (χ2v) is 5.99. The van der Waals surface area contributed by atoms with Crippen LogP contribution in [0.4, 0.5) is 0 Å². The van der Waals surface area contributed by atoms with Gasteiger partial charge < -0.3 is 9.88 Å². The van der Waals surface area contributed by atoms with Crippen LogP contribution in [0, 0.1) is 0 Å². The number of nitrogens with one attached hydrogen (secondary N) is 1. The second kappa shape index (κ2) is 8.24. The molecule has 0 aliphatic carbocycles. The largest absolute Gasteiger partial charge is 0.333 e. The number of aromatic nitrogens is 4. The Balaban J connectivity index is 2.33. The first-order valence-electron chi connectivity index (χ1n) is 7.87. The molecule has 0 aliphatic heterocycles. The first kappa shape index (κ1) is 16.1. The Morgan fingerprint density at radius 1 is 1.24 bits per heavy atom. The highest BCUT2D eigenvalue weighted by Crippen LogP contribution is 2.27. The van der Waals surface area contributed by atoms with E-state index in [2.05, 4.69) is 51.4 Å². The Bertz CT molecular complexity index is 489. The van der Waals surface area contributed by atoms with Crippen LogP contribution >= 0.6 is 11.5 Å². The van der Waals surface area contributed by atoms with Crippen molar-refractivity contribution in [3.05, 3.63) is 28.8 Å². The maximum Gasteiger partial charge on any atom is 0.131 e. The van der Waals surface area contributed by atoms with E-state index in [1.165, 1.54) is 16.4 Å². The lowest BCUT2D eigenvalue weighted by molar-refractivity contribution is 0.531. The predicted molar refractivity (Wildman–Crippen MR) is 86.6 cm³/mol. The SMILES string of the molecule is CCCNC(c1snnc1CCC)c1nccn1CCC. The quantitative estimate of drug-likeness (QED) is 0.773. The molecule has 0 aliphatic rings. The van der Waals surface area contributed by atoms with Gasteiger partial charge in [0.2, 0.25) is 0 Å². The van der Waals surface area contributed by atoms with Gasteiger partial charge in [0.15, 0.2) is 0 Å². The van der Waals surface area contributed by atoms with Gasteiger partial charge in [-0.2, -0.15) is 0 Å². The van der Waals surface area contributed by atoms with Crippen LogP contribution in [-0.4, -0.2) is 25.7 Å². The molecule has 6 heteroatoms. The van der Waals surface area contributed by atoms with Gasteiger partial charge in [0.1, 0.15) is 11.9 Å². The van der Waals surface area contributed by atoms with E-state index in [-0.39, 0.29) is 6.04 Å². The third kappa shape index (κ3) is 3.89. The van der Waals surface area contributed by atoms with Crippen LogP contribution in [0.2, 0.25) is 0 Å². The molecule has 2 aromatic heterocycles. The summed E-state index contributed by atoms with van der Waals surface area (Å²) in [6.45, 7) is 8.51. The molecule has 0 radical (unpaired) electrons. The van der Waals surface area contributed by atoms with E-state index in [0.717, 1.165) is 50.3 Å². The van der Waals surface area contributed by atoms with Crippen LogP contribution in [0.25, 0.3) is 0 Å². The molecule has 0 saturated carbocycles. The fraction of sp³-hybridized carbons (Fsp3) is 0.667. The van der Waals surface area contributed by atoms with Crippen molar-refractivity contribution in [2.45, 2.75) is 59.0 Å². The van der Waals surface area contributed by atoms with Crippen molar-refractivity contribution in [3.63, 3.8) is 0 Å². The molecule has 5 nitrogen and oxygen atoms in total. The van der Waals surface area contributed by atoms with Gasteiger partial charge in [-0.3, -0.25) is 0 Å². The third-order valence-electron chi connectivity index (χ3n) is 3.40. The average molecular weight is 307 g/mol. The van der Waals surface area contributed by atoms with Crippen molar-refractivity contribution in [1.82, 2.24) is 24.5 Å². The minimum absolute atomic E-state index is 0.105. The summed E-state index contributed by atoms with van der Waals surface area (Å²) in [7, 11) is 0. The summed E-state index contributed by atoms with van der Waals surface area (Å²) in [5, 5.41) is 7.93. The fourth-order valence-electron chi connectivity index (χ4n) is 2.45. The predicted octanol–water partition coefficient (Wildman–Crippen LogP) is 3.19. The van der Waals surface area contributed by atoms with Crippen molar-refractivity contribution >= 4 is 11.5 Å². The summed E-state index contributed by atoms with van der Waals surface area (Å²) in [5.74, 6) is 1.08. The Hall–Kier alpha value is -1.27. The lowest BCUT2D eigenvalue weighted by Gasteiger charge is -2.19. The van der Waals surface area contributed by atoms with Crippen molar-refractivity contribution in [1.29, 1.82) is 0 Å². The van der Waals surface area contributed by atoms with E-state index < -0.39 is 0 Å². The molecule has 2 rings (SSSR count). The number of hydrogen-bond donors (Lipinski definition) is 1. The van der Waals surface area contributed by atoms with Gasteiger partial charge in [-0.25, -0.2) is 4.98 Å². The minimum atomic E-state index is 0.105. The molecular formula is C15H25N5S. The Kier molecular flexibility index (Phi) is 6.32. The molecule has 116 valence electrons. The van der Waals surface area contributed by atoms with Crippen LogP contribution in [0.15, 0.2) is 12.4 Å². The standard InChI is InChI=1S/C15H25N5S/c1-4-7-12-14(21-19-18-12)13(16-8-5-2)15-17-9-11-20(15)10-6-3/h9,11,13,16H,4-8,10H2,1-3H3. The number of nitrogens with zero attached hydrogens (tertiary/aromatic N) is 4. The summed E-state index contributed by atoms with van der Waals surface area (Å²) in [4.78, 5) is 5.81. The molecule has 0 saturated heterocycles. The zero-order valence-corrected chi connectivity index (χ0v) is 14.0. The van der Waals surface area contributed by atoms with Gasteiger partial charge in [-0.05, 0) is 37.3 Å². The number of hydrogen-bond acceptors (Lipinski definition) is 5. The van der Waals surface area contributed by atoms with E-state index >= 15 is 0 Å². The van der Waals surface area contributed by atoms with Crippen LogP contribution < -0.4 is 5.32 Å². The molecule has 2 heterocycles. The van der Waals surface area contributed by atoms with E-state index in [0.29, 0.717) is 0 Å². The summed E-state index contributed by atoms with van der Waals surface area (Å²) in [6.07, 6.45) is 8.22. The zero-order valence-electron chi connectivity index (χ0n) is 13.2. The summed E-state index contributed by atoms with van der Waals surface area (Å²) >= 11 is 1.50. The highest BCUT2D eigenvalue weighted by molar-refractivity contribution is 7.05. The monoisotopic (exact) mass is 307 g/mol. The summed E-state index contributed by atoms with van der Waals surface area (Å²) < 4.78 is 6.41. The van der Waals surface area contributed by atoms with E-state index in [1.54, 1.807) is 0 Å². The molecule has 21 heavy (non-hydrogen) atoms. The van der Waals surface area contributed by atoms with Crippen LogP contribution in [0.5, 0.6) is 0 Å². The van der Waals surface area contributed by atoms with Crippen LogP contribution in [0.3, 0.4) is 0 Å². The second-order valence-electron chi connectivity index (χ2n) is 5.20. The van der Waals surface area contributed by atoms with Gasteiger partial charge in [0.25, 0.3) is 0 Å². The molecule has 0 aromatic carbocycles. The van der Waals surface area contributed by atoms with Crippen LogP contribution in [-0.2, 0) is 13.0 Å². The summed E-state index contributed by atoms with van der Waals surface area (Å²) in [5.41, 5.74) is 1.11. The Morgan fingerprint density at radius 3 is 2.81 bits per heavy atom. The first-order chi connectivity index (χ1) is 10.3.